The fourth-order valence-corrected chi connectivity index (χ4v) is 2.14. The molecule has 2 aromatic carbocycles. The molecule has 0 saturated heterocycles. The highest BCUT2D eigenvalue weighted by atomic mass is 16.5. The first-order chi connectivity index (χ1) is 10.5. The van der Waals surface area contributed by atoms with Crippen LogP contribution in [0.4, 0.5) is 5.69 Å². The second-order valence-corrected chi connectivity index (χ2v) is 5.30. The van der Waals surface area contributed by atoms with Crippen LogP contribution in [0.25, 0.3) is 0 Å². The highest BCUT2D eigenvalue weighted by Gasteiger charge is 2.14. The zero-order chi connectivity index (χ0) is 16.1. The lowest BCUT2D eigenvalue weighted by molar-refractivity contribution is 0.102. The Kier molecular flexibility index (Phi) is 5.04. The molecule has 0 fully saturated rings. The van der Waals surface area contributed by atoms with E-state index in [0.717, 1.165) is 5.69 Å². The van der Waals surface area contributed by atoms with Gasteiger partial charge in [-0.2, -0.15) is 0 Å². The van der Waals surface area contributed by atoms with Crippen LogP contribution in [0.15, 0.2) is 42.5 Å². The minimum atomic E-state index is -0.229. The molecule has 0 aromatic heterocycles. The van der Waals surface area contributed by atoms with Gasteiger partial charge < -0.3 is 14.8 Å². The third-order valence-electron chi connectivity index (χ3n) is 3.49. The Morgan fingerprint density at radius 3 is 2.23 bits per heavy atom. The molecule has 0 atom stereocenters. The van der Waals surface area contributed by atoms with Gasteiger partial charge in [0.15, 0.2) is 0 Å². The van der Waals surface area contributed by atoms with Gasteiger partial charge in [0.05, 0.1) is 19.8 Å². The summed E-state index contributed by atoms with van der Waals surface area (Å²) in [5, 5.41) is 2.88. The molecular weight excluding hydrogens is 278 g/mol. The number of hydrogen-bond donors (Lipinski definition) is 1. The summed E-state index contributed by atoms with van der Waals surface area (Å²) < 4.78 is 10.4. The predicted octanol–water partition coefficient (Wildman–Crippen LogP) is 4.08. The van der Waals surface area contributed by atoms with E-state index in [0.29, 0.717) is 23.0 Å². The van der Waals surface area contributed by atoms with E-state index in [9.17, 15) is 4.79 Å². The van der Waals surface area contributed by atoms with Gasteiger partial charge in [0.25, 0.3) is 5.91 Å². The van der Waals surface area contributed by atoms with Gasteiger partial charge in [0.1, 0.15) is 11.5 Å². The first-order valence-electron chi connectivity index (χ1n) is 7.18. The van der Waals surface area contributed by atoms with Crippen molar-refractivity contribution >= 4 is 11.6 Å². The molecule has 0 unspecified atom stereocenters. The van der Waals surface area contributed by atoms with Crippen molar-refractivity contribution in [2.24, 2.45) is 0 Å². The molecule has 4 nitrogen and oxygen atoms in total. The van der Waals surface area contributed by atoms with Crippen LogP contribution in [0.2, 0.25) is 0 Å². The largest absolute Gasteiger partial charge is 0.497 e. The van der Waals surface area contributed by atoms with Crippen LogP contribution in [-0.2, 0) is 0 Å². The van der Waals surface area contributed by atoms with Crippen molar-refractivity contribution < 1.29 is 14.3 Å². The molecule has 116 valence electrons. The summed E-state index contributed by atoms with van der Waals surface area (Å²) in [5.41, 5.74) is 2.42. The van der Waals surface area contributed by atoms with Crippen LogP contribution < -0.4 is 14.8 Å². The SMILES string of the molecule is COc1ccc(OC)c(C(=O)Nc2ccc(C(C)C)cc2)c1. The van der Waals surface area contributed by atoms with Gasteiger partial charge in [-0.25, -0.2) is 0 Å². The molecule has 4 heteroatoms. The van der Waals surface area contributed by atoms with E-state index in [2.05, 4.69) is 19.2 Å². The quantitative estimate of drug-likeness (QED) is 0.905. The lowest BCUT2D eigenvalue weighted by Crippen LogP contribution is -2.13. The normalized spacial score (nSPS) is 10.4. The van der Waals surface area contributed by atoms with Crippen LogP contribution in [0.5, 0.6) is 11.5 Å². The third kappa shape index (κ3) is 3.58. The molecule has 0 saturated carbocycles. The first-order valence-corrected chi connectivity index (χ1v) is 7.18. The molecule has 0 aliphatic carbocycles. The maximum Gasteiger partial charge on any atom is 0.259 e. The van der Waals surface area contributed by atoms with Crippen molar-refractivity contribution in [1.82, 2.24) is 0 Å². The second kappa shape index (κ2) is 6.98. The molecule has 0 radical (unpaired) electrons. The van der Waals surface area contributed by atoms with Gasteiger partial charge in [0, 0.05) is 5.69 Å². The van der Waals surface area contributed by atoms with Crippen molar-refractivity contribution in [3.8, 4) is 11.5 Å². The monoisotopic (exact) mass is 299 g/mol. The van der Waals surface area contributed by atoms with Crippen LogP contribution in [0.3, 0.4) is 0 Å². The number of carbonyl (C=O) groups is 1. The Balaban J connectivity index is 2.21. The van der Waals surface area contributed by atoms with Crippen molar-refractivity contribution in [1.29, 1.82) is 0 Å². The fourth-order valence-electron chi connectivity index (χ4n) is 2.14. The van der Waals surface area contributed by atoms with Crippen molar-refractivity contribution in [3.63, 3.8) is 0 Å². The topological polar surface area (TPSA) is 47.6 Å². The van der Waals surface area contributed by atoms with E-state index >= 15 is 0 Å². The van der Waals surface area contributed by atoms with Crippen molar-refractivity contribution in [2.45, 2.75) is 19.8 Å². The Labute approximate surface area is 131 Å². The molecule has 0 spiro atoms. The van der Waals surface area contributed by atoms with E-state index in [1.807, 2.05) is 24.3 Å². The Morgan fingerprint density at radius 2 is 1.68 bits per heavy atom. The molecule has 0 heterocycles. The molecule has 22 heavy (non-hydrogen) atoms. The van der Waals surface area contributed by atoms with Crippen LogP contribution in [0.1, 0.15) is 35.7 Å². The maximum absolute atomic E-state index is 12.4. The molecule has 2 aromatic rings. The predicted molar refractivity (Wildman–Crippen MR) is 88.0 cm³/mol. The minimum Gasteiger partial charge on any atom is -0.497 e. The molecule has 1 N–H and O–H groups in total. The smallest absolute Gasteiger partial charge is 0.259 e. The fraction of sp³-hybridized carbons (Fsp3) is 0.278. The zero-order valence-corrected chi connectivity index (χ0v) is 13.3. The number of carbonyl (C=O) groups excluding carboxylic acids is 1. The van der Waals surface area contributed by atoms with Gasteiger partial charge in [-0.05, 0) is 41.8 Å². The van der Waals surface area contributed by atoms with Crippen LogP contribution in [-0.4, -0.2) is 20.1 Å². The van der Waals surface area contributed by atoms with Gasteiger partial charge in [0.2, 0.25) is 0 Å². The average molecular weight is 299 g/mol. The summed E-state index contributed by atoms with van der Waals surface area (Å²) in [6.45, 7) is 4.27. The number of nitrogens with one attached hydrogen (secondary N) is 1. The van der Waals surface area contributed by atoms with Gasteiger partial charge in [-0.15, -0.1) is 0 Å². The lowest BCUT2D eigenvalue weighted by Gasteiger charge is -2.12. The summed E-state index contributed by atoms with van der Waals surface area (Å²) in [7, 11) is 3.10. The zero-order valence-electron chi connectivity index (χ0n) is 13.3. The van der Waals surface area contributed by atoms with E-state index in [1.165, 1.54) is 12.7 Å². The van der Waals surface area contributed by atoms with Crippen molar-refractivity contribution in [2.75, 3.05) is 19.5 Å². The molecule has 1 amide bonds. The molecular formula is C18H21NO3. The minimum absolute atomic E-state index is 0.229. The number of benzene rings is 2. The summed E-state index contributed by atoms with van der Waals surface area (Å²) in [4.78, 5) is 12.4. The molecule has 0 bridgehead atoms. The second-order valence-electron chi connectivity index (χ2n) is 5.30. The molecule has 0 aliphatic rings. The first kappa shape index (κ1) is 15.9. The number of amides is 1. The standard InChI is InChI=1S/C18H21NO3/c1-12(2)13-5-7-14(8-6-13)19-18(20)16-11-15(21-3)9-10-17(16)22-4/h5-12H,1-4H3,(H,19,20). The summed E-state index contributed by atoms with van der Waals surface area (Å²) >= 11 is 0. The summed E-state index contributed by atoms with van der Waals surface area (Å²) in [6.07, 6.45) is 0. The maximum atomic E-state index is 12.4. The Bertz CT molecular complexity index is 648. The highest BCUT2D eigenvalue weighted by molar-refractivity contribution is 6.06. The Hall–Kier alpha value is -2.49. The van der Waals surface area contributed by atoms with E-state index in [1.54, 1.807) is 25.3 Å². The van der Waals surface area contributed by atoms with Gasteiger partial charge in [-0.3, -0.25) is 4.79 Å². The van der Waals surface area contributed by atoms with E-state index in [-0.39, 0.29) is 5.91 Å². The van der Waals surface area contributed by atoms with Crippen molar-refractivity contribution in [3.05, 3.63) is 53.6 Å². The lowest BCUT2D eigenvalue weighted by atomic mass is 10.0. The number of anilines is 1. The number of hydrogen-bond acceptors (Lipinski definition) is 3. The third-order valence-corrected chi connectivity index (χ3v) is 3.49. The van der Waals surface area contributed by atoms with Gasteiger partial charge >= 0.3 is 0 Å². The van der Waals surface area contributed by atoms with E-state index in [4.69, 9.17) is 9.47 Å². The molecule has 0 aliphatic heterocycles. The highest BCUT2D eigenvalue weighted by Crippen LogP contribution is 2.25. The molecule has 2 rings (SSSR count). The average Bonchev–Trinajstić information content (AvgIpc) is 2.54. The number of rotatable bonds is 5. The Morgan fingerprint density at radius 1 is 1.00 bits per heavy atom. The number of ether oxygens (including phenoxy) is 2. The van der Waals surface area contributed by atoms with Gasteiger partial charge in [-0.1, -0.05) is 26.0 Å². The van der Waals surface area contributed by atoms with Crippen LogP contribution in [0, 0.1) is 0 Å². The number of methoxy groups -OCH3 is 2. The van der Waals surface area contributed by atoms with E-state index < -0.39 is 0 Å². The van der Waals surface area contributed by atoms with Crippen LogP contribution >= 0.6 is 0 Å². The summed E-state index contributed by atoms with van der Waals surface area (Å²) in [6, 6.07) is 13.0. The summed E-state index contributed by atoms with van der Waals surface area (Å²) in [5.74, 6) is 1.36.